The minimum atomic E-state index is 0.883. The van der Waals surface area contributed by atoms with Crippen LogP contribution in [0.1, 0.15) is 23.7 Å². The largest absolute Gasteiger partial charge is 0.365 e. The fraction of sp³-hybridized carbons (Fsp3) is 0.400. The Hall–Kier alpha value is -1.39. The van der Waals surface area contributed by atoms with Crippen LogP contribution >= 0.6 is 11.3 Å². The van der Waals surface area contributed by atoms with Crippen LogP contribution in [-0.4, -0.2) is 24.0 Å². The zero-order valence-corrected chi connectivity index (χ0v) is 12.6. The van der Waals surface area contributed by atoms with Gasteiger partial charge in [-0.3, -0.25) is 4.90 Å². The fourth-order valence-corrected chi connectivity index (χ4v) is 2.68. The lowest BCUT2D eigenvalue weighted by Gasteiger charge is -2.15. The highest BCUT2D eigenvalue weighted by Crippen LogP contribution is 2.16. The van der Waals surface area contributed by atoms with Gasteiger partial charge in [0.05, 0.1) is 5.69 Å². The van der Waals surface area contributed by atoms with Gasteiger partial charge in [0.25, 0.3) is 0 Å². The van der Waals surface area contributed by atoms with E-state index in [2.05, 4.69) is 58.8 Å². The molecule has 0 saturated heterocycles. The quantitative estimate of drug-likeness (QED) is 0.876. The molecule has 0 fully saturated rings. The highest BCUT2D eigenvalue weighted by molar-refractivity contribution is 7.13. The second-order valence-electron chi connectivity index (χ2n) is 4.74. The number of nitrogens with one attached hydrogen (secondary N) is 1. The van der Waals surface area contributed by atoms with Gasteiger partial charge in [-0.05, 0) is 24.6 Å². The Kier molecular flexibility index (Phi) is 4.93. The monoisotopic (exact) mass is 275 g/mol. The van der Waals surface area contributed by atoms with Crippen LogP contribution in [-0.2, 0) is 19.5 Å². The molecule has 0 unspecified atom stereocenters. The minimum Gasteiger partial charge on any atom is -0.365 e. The van der Waals surface area contributed by atoms with Gasteiger partial charge in [-0.2, -0.15) is 0 Å². The van der Waals surface area contributed by atoms with Crippen LogP contribution in [0.4, 0.5) is 5.13 Å². The molecule has 0 saturated carbocycles. The number of aromatic nitrogens is 1. The first-order chi connectivity index (χ1) is 9.21. The van der Waals surface area contributed by atoms with Crippen LogP contribution in [0.15, 0.2) is 29.6 Å². The van der Waals surface area contributed by atoms with Crippen LogP contribution in [0.3, 0.4) is 0 Å². The Labute approximate surface area is 119 Å². The molecule has 1 heterocycles. The van der Waals surface area contributed by atoms with Crippen LogP contribution in [0.5, 0.6) is 0 Å². The summed E-state index contributed by atoms with van der Waals surface area (Å²) in [5.41, 5.74) is 3.87. The van der Waals surface area contributed by atoms with Gasteiger partial charge in [0.1, 0.15) is 0 Å². The van der Waals surface area contributed by atoms with E-state index in [4.69, 9.17) is 0 Å². The Morgan fingerprint density at radius 2 is 1.84 bits per heavy atom. The lowest BCUT2D eigenvalue weighted by atomic mass is 10.1. The third-order valence-corrected chi connectivity index (χ3v) is 3.99. The van der Waals surface area contributed by atoms with Crippen molar-refractivity contribution in [1.29, 1.82) is 0 Å². The van der Waals surface area contributed by atoms with Crippen molar-refractivity contribution >= 4 is 16.5 Å². The molecule has 2 aromatic rings. The van der Waals surface area contributed by atoms with E-state index in [1.54, 1.807) is 11.3 Å². The molecule has 4 heteroatoms. The number of rotatable bonds is 6. The highest BCUT2D eigenvalue weighted by atomic mass is 32.1. The predicted octanol–water partition coefficient (Wildman–Crippen LogP) is 3.38. The highest BCUT2D eigenvalue weighted by Gasteiger charge is 2.05. The van der Waals surface area contributed by atoms with E-state index in [-0.39, 0.29) is 0 Å². The van der Waals surface area contributed by atoms with Gasteiger partial charge in [-0.1, -0.05) is 31.2 Å². The molecular formula is C15H21N3S. The van der Waals surface area contributed by atoms with Crippen molar-refractivity contribution in [3.63, 3.8) is 0 Å². The first-order valence-electron chi connectivity index (χ1n) is 6.59. The zero-order chi connectivity index (χ0) is 13.7. The molecule has 0 bridgehead atoms. The number of hydrogen-bond acceptors (Lipinski definition) is 4. The molecule has 3 nitrogen and oxygen atoms in total. The standard InChI is InChI=1S/C15H21N3S/c1-4-12-5-7-13(8-6-12)9-18(3)10-14-11-19-15(16-2)17-14/h5-8,11H,4,9-10H2,1-3H3,(H,16,17). The van der Waals surface area contributed by atoms with E-state index in [1.165, 1.54) is 11.1 Å². The molecule has 0 aliphatic rings. The van der Waals surface area contributed by atoms with Crippen LogP contribution in [0, 0.1) is 0 Å². The number of nitrogens with zero attached hydrogens (tertiary/aromatic N) is 2. The molecule has 0 aliphatic carbocycles. The normalized spacial score (nSPS) is 10.9. The van der Waals surface area contributed by atoms with E-state index < -0.39 is 0 Å². The maximum Gasteiger partial charge on any atom is 0.182 e. The molecule has 0 spiro atoms. The molecule has 2 rings (SSSR count). The van der Waals surface area contributed by atoms with Crippen molar-refractivity contribution in [2.75, 3.05) is 19.4 Å². The van der Waals surface area contributed by atoms with E-state index in [0.717, 1.165) is 30.3 Å². The topological polar surface area (TPSA) is 28.2 Å². The number of benzene rings is 1. The third-order valence-electron chi connectivity index (χ3n) is 3.08. The zero-order valence-electron chi connectivity index (χ0n) is 11.8. The van der Waals surface area contributed by atoms with Gasteiger partial charge < -0.3 is 5.32 Å². The second kappa shape index (κ2) is 6.68. The van der Waals surface area contributed by atoms with Crippen molar-refractivity contribution < 1.29 is 0 Å². The Bertz CT molecular complexity index is 504. The molecule has 0 radical (unpaired) electrons. The Morgan fingerprint density at radius 3 is 2.42 bits per heavy atom. The van der Waals surface area contributed by atoms with Crippen LogP contribution in [0.2, 0.25) is 0 Å². The number of hydrogen-bond donors (Lipinski definition) is 1. The summed E-state index contributed by atoms with van der Waals surface area (Å²) in [6.07, 6.45) is 1.10. The molecular weight excluding hydrogens is 254 g/mol. The molecule has 1 aromatic heterocycles. The van der Waals surface area contributed by atoms with Crippen LogP contribution < -0.4 is 5.32 Å². The first kappa shape index (κ1) is 14.0. The lowest BCUT2D eigenvalue weighted by Crippen LogP contribution is -2.17. The molecule has 1 aromatic carbocycles. The van der Waals surface area contributed by atoms with E-state index in [1.807, 2.05) is 7.05 Å². The van der Waals surface area contributed by atoms with E-state index in [0.29, 0.717) is 0 Å². The Morgan fingerprint density at radius 1 is 1.16 bits per heavy atom. The summed E-state index contributed by atoms with van der Waals surface area (Å²) in [5, 5.41) is 6.17. The van der Waals surface area contributed by atoms with Crippen molar-refractivity contribution in [3.8, 4) is 0 Å². The van der Waals surface area contributed by atoms with Gasteiger partial charge in [0, 0.05) is 25.5 Å². The van der Waals surface area contributed by atoms with Gasteiger partial charge >= 0.3 is 0 Å². The molecule has 0 amide bonds. The average Bonchev–Trinajstić information content (AvgIpc) is 2.87. The summed E-state index contributed by atoms with van der Waals surface area (Å²) in [4.78, 5) is 6.79. The maximum absolute atomic E-state index is 4.50. The third kappa shape index (κ3) is 4.04. The van der Waals surface area contributed by atoms with Crippen molar-refractivity contribution in [1.82, 2.24) is 9.88 Å². The fourth-order valence-electron chi connectivity index (χ4n) is 2.02. The summed E-state index contributed by atoms with van der Waals surface area (Å²) in [6.45, 7) is 4.02. The number of anilines is 1. The summed E-state index contributed by atoms with van der Waals surface area (Å²) in [5.74, 6) is 0. The summed E-state index contributed by atoms with van der Waals surface area (Å²) in [7, 11) is 4.04. The lowest BCUT2D eigenvalue weighted by molar-refractivity contribution is 0.316. The predicted molar refractivity (Wildman–Crippen MR) is 82.7 cm³/mol. The second-order valence-corrected chi connectivity index (χ2v) is 5.59. The van der Waals surface area contributed by atoms with Crippen molar-refractivity contribution in [2.24, 2.45) is 0 Å². The number of aryl methyl sites for hydroxylation is 1. The summed E-state index contributed by atoms with van der Waals surface area (Å²) >= 11 is 1.65. The van der Waals surface area contributed by atoms with Gasteiger partial charge in [-0.15, -0.1) is 11.3 Å². The molecule has 0 aliphatic heterocycles. The Balaban J connectivity index is 1.90. The van der Waals surface area contributed by atoms with Crippen molar-refractivity contribution in [2.45, 2.75) is 26.4 Å². The molecule has 102 valence electrons. The minimum absolute atomic E-state index is 0.883. The first-order valence-corrected chi connectivity index (χ1v) is 7.47. The van der Waals surface area contributed by atoms with Gasteiger partial charge in [0.15, 0.2) is 5.13 Å². The maximum atomic E-state index is 4.50. The summed E-state index contributed by atoms with van der Waals surface area (Å²) < 4.78 is 0. The molecule has 19 heavy (non-hydrogen) atoms. The average molecular weight is 275 g/mol. The summed E-state index contributed by atoms with van der Waals surface area (Å²) in [6, 6.07) is 8.86. The van der Waals surface area contributed by atoms with Gasteiger partial charge in [-0.25, -0.2) is 4.98 Å². The number of thiazole rings is 1. The van der Waals surface area contributed by atoms with Crippen molar-refractivity contribution in [3.05, 3.63) is 46.5 Å². The van der Waals surface area contributed by atoms with E-state index >= 15 is 0 Å². The smallest absolute Gasteiger partial charge is 0.182 e. The SMILES string of the molecule is CCc1ccc(CN(C)Cc2csc(NC)n2)cc1. The van der Waals surface area contributed by atoms with Crippen LogP contribution in [0.25, 0.3) is 0 Å². The van der Waals surface area contributed by atoms with Gasteiger partial charge in [0.2, 0.25) is 0 Å². The molecule has 0 atom stereocenters. The molecule has 1 N–H and O–H groups in total. The van der Waals surface area contributed by atoms with E-state index in [9.17, 15) is 0 Å².